The Morgan fingerprint density at radius 1 is 1.25 bits per heavy atom. The second-order valence-electron chi connectivity index (χ2n) is 0. The summed E-state index contributed by atoms with van der Waals surface area (Å²) in [5.74, 6) is 0. The van der Waals surface area contributed by atoms with Crippen LogP contribution >= 0.6 is 12.9 Å². The number of hydrogen-bond acceptors (Lipinski definition) is 2. The summed E-state index contributed by atoms with van der Waals surface area (Å²) in [6.45, 7) is 0. The molecule has 4 heavy (non-hydrogen) atoms. The molecule has 3 N–H and O–H groups in total. The van der Waals surface area contributed by atoms with Crippen molar-refractivity contribution in [3.8, 4) is 0 Å². The maximum absolute atomic E-state index is 6.69. The Balaban J connectivity index is -0.00000000500. The minimum absolute atomic E-state index is 0. The molecule has 24 valence electrons. The summed E-state index contributed by atoms with van der Waals surface area (Å²) >= 11 is 2.53. The molecule has 0 bridgehead atoms. The van der Waals surface area contributed by atoms with E-state index in [1.54, 1.807) is 0 Å². The Labute approximate surface area is 52.4 Å². The van der Waals surface area contributed by atoms with E-state index in [1.165, 1.54) is 0 Å². The van der Waals surface area contributed by atoms with Gasteiger partial charge in [-0.3, -0.25) is 0 Å². The zero-order valence-electron chi connectivity index (χ0n) is 1.39. The second kappa shape index (κ2) is 28.3. The fourth-order valence-electron chi connectivity index (χ4n) is 0. The average molecular weight is 92.1 g/mol. The predicted molar refractivity (Wildman–Crippen MR) is 22.4 cm³/mol. The van der Waals surface area contributed by atoms with Crippen LogP contribution in [0.2, 0.25) is 0 Å². The van der Waals surface area contributed by atoms with Crippen molar-refractivity contribution in [1.29, 1.82) is 0 Å². The van der Waals surface area contributed by atoms with Crippen LogP contribution < -0.4 is 0 Å². The van der Waals surface area contributed by atoms with Crippen LogP contribution in [0, 0.1) is 0 Å². The quantitative estimate of drug-likeness (QED) is 0.223. The molecule has 0 atom stereocenters. The summed E-state index contributed by atoms with van der Waals surface area (Å²) in [5, 5.41) is 0. The van der Waals surface area contributed by atoms with Gasteiger partial charge in [-0.05, 0) is 12.9 Å². The van der Waals surface area contributed by atoms with Crippen molar-refractivity contribution < 1.29 is 10.0 Å². The molecule has 0 aromatic heterocycles. The molecule has 0 radical (unpaired) electrons. The third-order valence-electron chi connectivity index (χ3n) is 0. The normalized spacial score (nSPS) is 1.50. The Morgan fingerprint density at radius 3 is 1.25 bits per heavy atom. The van der Waals surface area contributed by atoms with Crippen LogP contribution in [0.4, 0.5) is 0 Å². The van der Waals surface area contributed by atoms with Crippen molar-refractivity contribution in [3.05, 3.63) is 0 Å². The molecule has 0 saturated heterocycles. The molecule has 0 unspecified atom stereocenters. The van der Waals surface area contributed by atoms with E-state index in [0.717, 1.165) is 0 Å². The van der Waals surface area contributed by atoms with Gasteiger partial charge in [0.2, 0.25) is 0 Å². The van der Waals surface area contributed by atoms with Crippen LogP contribution in [0.25, 0.3) is 0 Å². The van der Waals surface area contributed by atoms with Crippen LogP contribution in [0.5, 0.6) is 0 Å². The van der Waals surface area contributed by atoms with E-state index in [1.807, 2.05) is 0 Å². The molecule has 0 rings (SSSR count). The molecule has 0 saturated carbocycles. The van der Waals surface area contributed by atoms with Crippen LogP contribution in [0.3, 0.4) is 0 Å². The molecule has 0 spiro atoms. The molecule has 4 heteroatoms. The second-order valence-corrected chi connectivity index (χ2v) is 0. The third kappa shape index (κ3) is 10.4. The monoisotopic (exact) mass is 92.0 g/mol. The molecule has 0 amide bonds. The minimum atomic E-state index is 0. The van der Waals surface area contributed by atoms with Gasteiger partial charge in [-0.2, -0.15) is 0 Å². The summed E-state index contributed by atoms with van der Waals surface area (Å²) < 4.78 is 6.69. The van der Waals surface area contributed by atoms with Gasteiger partial charge in [0.05, 0.1) is 0 Å². The molecule has 0 aliphatic heterocycles. The fraction of sp³-hybridized carbons (Fsp3) is 0. The molecule has 0 aromatic carbocycles. The maximum atomic E-state index is 6.69. The van der Waals surface area contributed by atoms with Crippen molar-refractivity contribution in [1.82, 2.24) is 0 Å². The summed E-state index contributed by atoms with van der Waals surface area (Å²) in [7, 11) is 0. The van der Waals surface area contributed by atoms with Gasteiger partial charge in [0, 0.05) is 0 Å². The Hall–Kier alpha value is 1.27. The SMILES string of the molecule is O.OS.[NaH]. The van der Waals surface area contributed by atoms with Gasteiger partial charge in [0.1, 0.15) is 0 Å². The van der Waals surface area contributed by atoms with Crippen molar-refractivity contribution in [2.45, 2.75) is 0 Å². The van der Waals surface area contributed by atoms with Gasteiger partial charge in [-0.25, -0.2) is 0 Å². The van der Waals surface area contributed by atoms with Gasteiger partial charge < -0.3 is 10.0 Å². The van der Waals surface area contributed by atoms with Crippen molar-refractivity contribution in [3.63, 3.8) is 0 Å². The standard InChI is InChI=1S/Na.H2OS.H2O.H/c;1-2;;/h;1-2H;1H2;. The zero-order valence-corrected chi connectivity index (χ0v) is 2.29. The fourth-order valence-corrected chi connectivity index (χ4v) is 0. The summed E-state index contributed by atoms with van der Waals surface area (Å²) in [4.78, 5) is 0. The first-order valence-electron chi connectivity index (χ1n) is 0.200. The van der Waals surface area contributed by atoms with E-state index < -0.39 is 0 Å². The molecule has 0 aliphatic carbocycles. The van der Waals surface area contributed by atoms with Crippen LogP contribution in [0.15, 0.2) is 0 Å². The molecule has 0 fully saturated rings. The number of rotatable bonds is 0. The predicted octanol–water partition coefficient (Wildman–Crippen LogP) is -1.08. The van der Waals surface area contributed by atoms with E-state index >= 15 is 0 Å². The van der Waals surface area contributed by atoms with Crippen LogP contribution in [-0.2, 0) is 0 Å². The summed E-state index contributed by atoms with van der Waals surface area (Å²) in [6, 6.07) is 0. The zero-order chi connectivity index (χ0) is 2.00. The topological polar surface area (TPSA) is 51.7 Å². The van der Waals surface area contributed by atoms with Crippen molar-refractivity contribution >= 4 is 42.5 Å². The number of thiol groups is 1. The van der Waals surface area contributed by atoms with Gasteiger partial charge >= 0.3 is 29.6 Å². The van der Waals surface area contributed by atoms with Gasteiger partial charge in [0.15, 0.2) is 0 Å². The molecular formula is H5NaO2S. The molecule has 0 aromatic rings. The Morgan fingerprint density at radius 2 is 1.25 bits per heavy atom. The van der Waals surface area contributed by atoms with Gasteiger partial charge in [-0.1, -0.05) is 0 Å². The molecule has 2 nitrogen and oxygen atoms in total. The summed E-state index contributed by atoms with van der Waals surface area (Å²) in [6.07, 6.45) is 0. The molecule has 0 heterocycles. The van der Waals surface area contributed by atoms with Gasteiger partial charge in [-0.15, -0.1) is 0 Å². The van der Waals surface area contributed by atoms with E-state index in [0.29, 0.717) is 0 Å². The first-order chi connectivity index (χ1) is 1.00. The van der Waals surface area contributed by atoms with E-state index in [2.05, 4.69) is 12.9 Å². The van der Waals surface area contributed by atoms with E-state index in [-0.39, 0.29) is 35.0 Å². The van der Waals surface area contributed by atoms with E-state index in [4.69, 9.17) is 4.55 Å². The van der Waals surface area contributed by atoms with Gasteiger partial charge in [0.25, 0.3) is 0 Å². The Bertz CT molecular complexity index is 6.00. The van der Waals surface area contributed by atoms with E-state index in [9.17, 15) is 0 Å². The van der Waals surface area contributed by atoms with Crippen molar-refractivity contribution in [2.24, 2.45) is 0 Å². The van der Waals surface area contributed by atoms with Crippen molar-refractivity contribution in [2.75, 3.05) is 0 Å². The third-order valence-corrected chi connectivity index (χ3v) is 0. The van der Waals surface area contributed by atoms with Crippen LogP contribution in [-0.4, -0.2) is 39.6 Å². The number of hydrogen-bond donors (Lipinski definition) is 2. The molecular weight excluding hydrogens is 87.1 g/mol. The van der Waals surface area contributed by atoms with Crippen LogP contribution in [0.1, 0.15) is 0 Å². The average Bonchev–Trinajstić information content (AvgIpc) is 1.00. The Kier molecular flexibility index (Phi) is 132. The first-order valence-corrected chi connectivity index (χ1v) is 0.600. The summed E-state index contributed by atoms with van der Waals surface area (Å²) in [5.41, 5.74) is 0. The molecule has 0 aliphatic rings. The first kappa shape index (κ1) is 18.6.